The minimum atomic E-state index is -0.745. The van der Waals surface area contributed by atoms with Crippen LogP contribution in [0.3, 0.4) is 0 Å². The van der Waals surface area contributed by atoms with Crippen molar-refractivity contribution >= 4 is 40.9 Å². The van der Waals surface area contributed by atoms with Crippen LogP contribution in [0.25, 0.3) is 17.4 Å². The number of para-hydroxylation sites is 1. The Morgan fingerprint density at radius 3 is 2.63 bits per heavy atom. The lowest BCUT2D eigenvalue weighted by molar-refractivity contribution is -0.112. The summed E-state index contributed by atoms with van der Waals surface area (Å²) < 4.78 is 19.3. The lowest BCUT2D eigenvalue weighted by atomic mass is 10.2. The molecule has 3 rings (SSSR count). The van der Waals surface area contributed by atoms with Crippen LogP contribution in [0.1, 0.15) is 5.76 Å². The third-order valence-corrected chi connectivity index (χ3v) is 4.14. The number of carbonyl (C=O) groups is 1. The third kappa shape index (κ3) is 4.37. The normalized spacial score (nSPS) is 11.1. The molecule has 0 aliphatic heterocycles. The molecule has 1 aromatic heterocycles. The van der Waals surface area contributed by atoms with Crippen molar-refractivity contribution in [3.8, 4) is 17.4 Å². The lowest BCUT2D eigenvalue weighted by Gasteiger charge is -2.04. The number of halogens is 3. The number of hydrogen-bond acceptors (Lipinski definition) is 3. The summed E-state index contributed by atoms with van der Waals surface area (Å²) in [4.78, 5) is 12.2. The number of nitrogens with one attached hydrogen (secondary N) is 1. The van der Waals surface area contributed by atoms with Gasteiger partial charge in [-0.1, -0.05) is 35.3 Å². The molecule has 1 amide bonds. The number of hydrogen-bond donors (Lipinski definition) is 1. The molecule has 0 saturated heterocycles. The molecule has 134 valence electrons. The quantitative estimate of drug-likeness (QED) is 0.435. The van der Waals surface area contributed by atoms with E-state index in [2.05, 4.69) is 5.32 Å². The fraction of sp³-hybridized carbons (Fsp3) is 0. The summed E-state index contributed by atoms with van der Waals surface area (Å²) in [6, 6.07) is 15.7. The molecule has 1 N–H and O–H groups in total. The summed E-state index contributed by atoms with van der Waals surface area (Å²) in [6.07, 6.45) is 1.27. The predicted molar refractivity (Wildman–Crippen MR) is 103 cm³/mol. The molecular formula is C20H11Cl2FN2O2. The predicted octanol–water partition coefficient (Wildman–Crippen LogP) is 5.94. The van der Waals surface area contributed by atoms with E-state index >= 15 is 0 Å². The first-order valence-electron chi connectivity index (χ1n) is 7.71. The van der Waals surface area contributed by atoms with Gasteiger partial charge in [0.1, 0.15) is 29.0 Å². The van der Waals surface area contributed by atoms with E-state index in [9.17, 15) is 14.4 Å². The maximum Gasteiger partial charge on any atom is 0.266 e. The highest BCUT2D eigenvalue weighted by molar-refractivity contribution is 6.36. The Labute approximate surface area is 164 Å². The van der Waals surface area contributed by atoms with Gasteiger partial charge in [-0.2, -0.15) is 5.26 Å². The lowest BCUT2D eigenvalue weighted by Crippen LogP contribution is -2.14. The van der Waals surface area contributed by atoms with Crippen LogP contribution in [-0.4, -0.2) is 5.91 Å². The third-order valence-electron chi connectivity index (χ3n) is 3.60. The second-order valence-electron chi connectivity index (χ2n) is 5.43. The minimum absolute atomic E-state index is 0.0169. The van der Waals surface area contributed by atoms with Crippen molar-refractivity contribution in [2.24, 2.45) is 0 Å². The second-order valence-corrected chi connectivity index (χ2v) is 6.27. The van der Waals surface area contributed by atoms with Gasteiger partial charge in [-0.05, 0) is 42.5 Å². The van der Waals surface area contributed by atoms with Crippen LogP contribution in [0, 0.1) is 17.1 Å². The first-order valence-corrected chi connectivity index (χ1v) is 8.46. The Bertz CT molecular complexity index is 1080. The number of anilines is 1. The fourth-order valence-corrected chi connectivity index (χ4v) is 2.81. The number of nitrogens with zero attached hydrogens (tertiary/aromatic N) is 1. The molecule has 2 aromatic carbocycles. The first kappa shape index (κ1) is 18.7. The Kier molecular flexibility index (Phi) is 5.60. The Balaban J connectivity index is 1.84. The van der Waals surface area contributed by atoms with Gasteiger partial charge in [0.05, 0.1) is 10.7 Å². The van der Waals surface area contributed by atoms with Gasteiger partial charge >= 0.3 is 0 Å². The van der Waals surface area contributed by atoms with Crippen LogP contribution in [0.15, 0.2) is 64.6 Å². The highest BCUT2D eigenvalue weighted by Crippen LogP contribution is 2.32. The smallest absolute Gasteiger partial charge is 0.266 e. The van der Waals surface area contributed by atoms with Crippen molar-refractivity contribution in [2.75, 3.05) is 5.32 Å². The van der Waals surface area contributed by atoms with Crippen molar-refractivity contribution < 1.29 is 13.6 Å². The maximum atomic E-state index is 13.6. The van der Waals surface area contributed by atoms with E-state index in [0.29, 0.717) is 21.4 Å². The zero-order chi connectivity index (χ0) is 19.4. The van der Waals surface area contributed by atoms with Crippen molar-refractivity contribution in [3.63, 3.8) is 0 Å². The summed E-state index contributed by atoms with van der Waals surface area (Å²) >= 11 is 12.0. The monoisotopic (exact) mass is 400 g/mol. The standard InChI is InChI=1S/C20H11Cl2FN2O2/c21-13-5-7-15(16(22)10-13)19-8-6-14(27-19)9-12(11-24)20(26)25-18-4-2-1-3-17(18)23/h1-10H,(H,25,26)/b12-9+. The van der Waals surface area contributed by atoms with Gasteiger partial charge in [0.25, 0.3) is 5.91 Å². The number of benzene rings is 2. The summed E-state index contributed by atoms with van der Waals surface area (Å²) in [5, 5.41) is 12.5. The number of furan rings is 1. The van der Waals surface area contributed by atoms with Gasteiger partial charge in [-0.25, -0.2) is 4.39 Å². The average Bonchev–Trinajstić information content (AvgIpc) is 3.09. The number of nitriles is 1. The summed E-state index contributed by atoms with van der Waals surface area (Å²) in [7, 11) is 0. The van der Waals surface area contributed by atoms with E-state index in [1.54, 1.807) is 42.5 Å². The van der Waals surface area contributed by atoms with Crippen LogP contribution in [-0.2, 0) is 4.79 Å². The molecule has 0 aliphatic rings. The molecule has 3 aromatic rings. The largest absolute Gasteiger partial charge is 0.457 e. The van der Waals surface area contributed by atoms with Gasteiger partial charge in [-0.15, -0.1) is 0 Å². The Morgan fingerprint density at radius 2 is 1.93 bits per heavy atom. The van der Waals surface area contributed by atoms with Crippen LogP contribution < -0.4 is 5.32 Å². The zero-order valence-corrected chi connectivity index (χ0v) is 15.2. The molecule has 0 bridgehead atoms. The van der Waals surface area contributed by atoms with E-state index in [0.717, 1.165) is 0 Å². The second kappa shape index (κ2) is 8.09. The molecule has 0 spiro atoms. The molecule has 0 atom stereocenters. The van der Waals surface area contributed by atoms with Crippen LogP contribution in [0.4, 0.5) is 10.1 Å². The van der Waals surface area contributed by atoms with Crippen LogP contribution in [0.5, 0.6) is 0 Å². The van der Waals surface area contributed by atoms with Crippen LogP contribution >= 0.6 is 23.2 Å². The molecule has 4 nitrogen and oxygen atoms in total. The van der Waals surface area contributed by atoms with Gasteiger partial charge in [-0.3, -0.25) is 4.79 Å². The van der Waals surface area contributed by atoms with Gasteiger partial charge in [0.2, 0.25) is 0 Å². The highest BCUT2D eigenvalue weighted by atomic mass is 35.5. The minimum Gasteiger partial charge on any atom is -0.457 e. The topological polar surface area (TPSA) is 66.0 Å². The van der Waals surface area contributed by atoms with Crippen molar-refractivity contribution in [1.82, 2.24) is 0 Å². The molecule has 0 fully saturated rings. The van der Waals surface area contributed by atoms with Crippen LogP contribution in [0.2, 0.25) is 10.0 Å². The maximum absolute atomic E-state index is 13.6. The molecule has 0 unspecified atom stereocenters. The summed E-state index contributed by atoms with van der Waals surface area (Å²) in [5.74, 6) is -0.614. The molecule has 0 radical (unpaired) electrons. The highest BCUT2D eigenvalue weighted by Gasteiger charge is 2.14. The fourth-order valence-electron chi connectivity index (χ4n) is 2.31. The summed E-state index contributed by atoms with van der Waals surface area (Å²) in [5.41, 5.74) is 0.369. The number of amides is 1. The molecule has 27 heavy (non-hydrogen) atoms. The van der Waals surface area contributed by atoms with Crippen molar-refractivity contribution in [3.05, 3.63) is 81.8 Å². The molecular weight excluding hydrogens is 390 g/mol. The van der Waals surface area contributed by atoms with E-state index in [-0.39, 0.29) is 17.0 Å². The van der Waals surface area contributed by atoms with E-state index < -0.39 is 11.7 Å². The van der Waals surface area contributed by atoms with Gasteiger partial charge in [0.15, 0.2) is 0 Å². The number of carbonyl (C=O) groups excluding carboxylic acids is 1. The van der Waals surface area contributed by atoms with Crippen molar-refractivity contribution in [2.45, 2.75) is 0 Å². The van der Waals surface area contributed by atoms with Gasteiger partial charge in [0, 0.05) is 16.7 Å². The molecule has 0 saturated carbocycles. The van der Waals surface area contributed by atoms with E-state index in [4.69, 9.17) is 27.6 Å². The molecule has 1 heterocycles. The molecule has 7 heteroatoms. The van der Waals surface area contributed by atoms with E-state index in [1.165, 1.54) is 24.3 Å². The molecule has 0 aliphatic carbocycles. The summed E-state index contributed by atoms with van der Waals surface area (Å²) in [6.45, 7) is 0. The average molecular weight is 401 g/mol. The van der Waals surface area contributed by atoms with Gasteiger partial charge < -0.3 is 9.73 Å². The Hall–Kier alpha value is -3.07. The number of rotatable bonds is 4. The van der Waals surface area contributed by atoms with E-state index in [1.807, 2.05) is 0 Å². The van der Waals surface area contributed by atoms with Crippen molar-refractivity contribution in [1.29, 1.82) is 5.26 Å². The zero-order valence-electron chi connectivity index (χ0n) is 13.7. The first-order chi connectivity index (χ1) is 13.0. The Morgan fingerprint density at radius 1 is 1.15 bits per heavy atom. The SMILES string of the molecule is N#C/C(=C\c1ccc(-c2ccc(Cl)cc2Cl)o1)C(=O)Nc1ccccc1F.